The first-order valence-electron chi connectivity index (χ1n) is 45.0. The van der Waals surface area contributed by atoms with Gasteiger partial charge >= 0.3 is 17.1 Å². The van der Waals surface area contributed by atoms with E-state index < -0.39 is 63.5 Å². The van der Waals surface area contributed by atoms with E-state index in [4.69, 9.17) is 50.4 Å². The summed E-state index contributed by atoms with van der Waals surface area (Å²) in [5, 5.41) is 0.963. The largest absolute Gasteiger partial charge is 0.398 e. The van der Waals surface area contributed by atoms with Gasteiger partial charge in [-0.3, -0.25) is 14.4 Å². The number of aromatic nitrogens is 15. The smallest absolute Gasteiger partial charge is 0.355 e. The van der Waals surface area contributed by atoms with Gasteiger partial charge in [0.2, 0.25) is 17.7 Å². The Morgan fingerprint density at radius 2 is 0.645 bits per heavy atom. The van der Waals surface area contributed by atoms with E-state index in [0.717, 1.165) is 64.4 Å². The maximum absolute atomic E-state index is 16.4. The molecule has 30 nitrogen and oxygen atoms in total. The molecule has 0 spiro atoms. The zero-order valence-electron chi connectivity index (χ0n) is 76.4. The second-order valence-electron chi connectivity index (χ2n) is 36.3. The SMILES string of the molecule is C=CC(=O)N1C[C@H](C)N(c2nc(=O)n(-c3c(F)cc4c(ncn4C)c3C3CC3)c3nc(-c4c(N)cccc4F)c(Cl)cc23)C[C@H]1C.C=CC(=O)N1C[C@H](C)N(c2nc(=O)n(-c3c(F)cc4c(ncn4C)c3C3CC3)c3nc(-c4c(N)cccc4F)c(Cl)cc23)C[C@H]1C.C=CC(=O)N1C[C@H](C)N(c2nc(=O)n(-c3c(F)cc4c(ncn4C)c3C3CC3)c3nc(-c4c(N)cccc4F)c(F)cc23)C[C@H]1C. The molecule has 39 heteroatoms. The number of imidazole rings is 3. The maximum atomic E-state index is 16.4. The molecule has 15 aromatic rings. The maximum Gasteiger partial charge on any atom is 0.355 e. The minimum absolute atomic E-state index is 0.00479. The van der Waals surface area contributed by atoms with Crippen molar-refractivity contribution in [3.05, 3.63) is 247 Å². The van der Waals surface area contributed by atoms with Crippen molar-refractivity contribution in [2.75, 3.05) is 71.2 Å². The Labute approximate surface area is 793 Å². The average Bonchev–Trinajstić information content (AvgIpc) is 1.21. The van der Waals surface area contributed by atoms with Gasteiger partial charge in [0, 0.05) is 149 Å². The molecule has 3 aliphatic carbocycles. The van der Waals surface area contributed by atoms with E-state index in [0.29, 0.717) is 86.7 Å². The molecular weight excluding hydrogens is 1830 g/mol. The van der Waals surface area contributed by atoms with Crippen LogP contribution in [0.3, 0.4) is 0 Å². The minimum Gasteiger partial charge on any atom is -0.398 e. The standard InChI is InChI=1S/2C33H31ClF2N8O2.C33H31F3N8O2/c2*1-5-25(45)42-13-17(3)43(14-16(42)2)31-19-11-20(34)28(27-21(35)7-6-8-23(27)37)39-32(19)44(33(46)40-31)30-22(36)12-24-29(38-15-41(24)4)26(30)18-9-10-18;1-5-25(45)42-13-17(3)43(14-16(42)2)31-19-11-21(35)28(27-20(34)7-6-8-23(27)37)39-32(19)44(33(46)40-31)30-22(36)12-24-29(38-15-41(24)4)26(30)18-9-10-18/h3*5-8,11-12,15-18H,1,9-10,13-14,37H2,2-4H3/t3*16-,17+/m111/s1. The number of anilines is 6. The summed E-state index contributed by atoms with van der Waals surface area (Å²) < 4.78 is 119. The molecule has 9 aromatic heterocycles. The molecule has 138 heavy (non-hydrogen) atoms. The zero-order chi connectivity index (χ0) is 97.8. The average molecular weight is 1920 g/mol. The van der Waals surface area contributed by atoms with E-state index in [9.17, 15) is 28.8 Å². The fourth-order valence-corrected chi connectivity index (χ4v) is 20.2. The summed E-state index contributed by atoms with van der Waals surface area (Å²) >= 11 is 13.6. The molecule has 3 amide bonds. The number of rotatable bonds is 15. The van der Waals surface area contributed by atoms with Crippen LogP contribution in [-0.2, 0) is 35.5 Å². The van der Waals surface area contributed by atoms with Crippen LogP contribution in [-0.4, -0.2) is 180 Å². The molecule has 6 fully saturated rings. The highest BCUT2D eigenvalue weighted by atomic mass is 35.5. The number of hydrogen-bond acceptors (Lipinski definition) is 21. The number of nitrogens with two attached hydrogens (primary N) is 3. The molecule has 3 saturated carbocycles. The Hall–Kier alpha value is -14.9. The van der Waals surface area contributed by atoms with Gasteiger partial charge in [-0.2, -0.15) is 15.0 Å². The van der Waals surface area contributed by atoms with Gasteiger partial charge in [-0.25, -0.2) is 88.7 Å². The van der Waals surface area contributed by atoms with E-state index in [2.05, 4.69) is 54.6 Å². The number of fused-ring (bicyclic) bond motifs is 6. The van der Waals surface area contributed by atoms with Gasteiger partial charge in [-0.15, -0.1) is 0 Å². The molecule has 6 atom stereocenters. The van der Waals surface area contributed by atoms with Crippen molar-refractivity contribution in [1.82, 2.24) is 87.0 Å². The van der Waals surface area contributed by atoms with Crippen molar-refractivity contribution in [2.24, 2.45) is 21.1 Å². The van der Waals surface area contributed by atoms with Crippen molar-refractivity contribution >= 4 is 142 Å². The summed E-state index contributed by atoms with van der Waals surface area (Å²) in [6.07, 6.45) is 13.3. The summed E-state index contributed by atoms with van der Waals surface area (Å²) in [5.74, 6) is -5.06. The van der Waals surface area contributed by atoms with E-state index in [1.54, 1.807) is 80.7 Å². The molecule has 708 valence electrons. The van der Waals surface area contributed by atoms with Crippen LogP contribution in [0, 0.1) is 40.7 Å². The van der Waals surface area contributed by atoms with Gasteiger partial charge in [0.15, 0.2) is 22.8 Å². The first-order chi connectivity index (χ1) is 66.0. The lowest BCUT2D eigenvalue weighted by atomic mass is 10.0. The van der Waals surface area contributed by atoms with Crippen molar-refractivity contribution < 1.29 is 45.1 Å². The van der Waals surface area contributed by atoms with E-state index in [1.165, 1.54) is 85.0 Å². The molecule has 0 bridgehead atoms. The van der Waals surface area contributed by atoms with Gasteiger partial charge < -0.3 is 60.3 Å². The number of nitrogen functional groups attached to an aromatic ring is 3. The molecule has 21 rings (SSSR count). The zero-order valence-corrected chi connectivity index (χ0v) is 77.9. The number of carbonyl (C=O) groups is 3. The summed E-state index contributed by atoms with van der Waals surface area (Å²) in [7, 11) is 5.31. The number of amides is 3. The third kappa shape index (κ3) is 15.7. The number of hydrogen-bond donors (Lipinski definition) is 3. The number of pyridine rings is 3. The van der Waals surface area contributed by atoms with Crippen LogP contribution in [0.5, 0.6) is 0 Å². The Morgan fingerprint density at radius 3 is 0.920 bits per heavy atom. The van der Waals surface area contributed by atoms with Crippen LogP contribution in [0.15, 0.2) is 162 Å². The van der Waals surface area contributed by atoms with Crippen LogP contribution < -0.4 is 49.0 Å². The first kappa shape index (κ1) is 92.2. The highest BCUT2D eigenvalue weighted by Crippen LogP contribution is 2.52. The van der Waals surface area contributed by atoms with Crippen molar-refractivity contribution in [1.29, 1.82) is 0 Å². The van der Waals surface area contributed by atoms with Crippen LogP contribution in [0.25, 0.3) is 117 Å². The number of piperazine rings is 3. The van der Waals surface area contributed by atoms with Gasteiger partial charge in [-0.1, -0.05) is 61.1 Å². The quantitative estimate of drug-likeness (QED) is 0.0487. The summed E-state index contributed by atoms with van der Waals surface area (Å²) in [5.41, 5.74) is 20.5. The van der Waals surface area contributed by atoms with Crippen molar-refractivity contribution in [3.8, 4) is 50.8 Å². The monoisotopic (exact) mass is 1920 g/mol. The first-order valence-corrected chi connectivity index (χ1v) is 45.8. The summed E-state index contributed by atoms with van der Waals surface area (Å²) in [4.78, 5) is 132. The predicted octanol–water partition coefficient (Wildman–Crippen LogP) is 15.5. The molecule has 6 N–H and O–H groups in total. The Bertz CT molecular complexity index is 7140. The highest BCUT2D eigenvalue weighted by molar-refractivity contribution is 6.34. The number of benzene rings is 6. The fraction of sp³-hybridized carbons (Fsp3) is 0.303. The normalized spacial score (nSPS) is 18.5. The lowest BCUT2D eigenvalue weighted by Gasteiger charge is -2.44. The lowest BCUT2D eigenvalue weighted by molar-refractivity contribution is -0.129. The van der Waals surface area contributed by atoms with Crippen LogP contribution in [0.1, 0.15) is 115 Å². The van der Waals surface area contributed by atoms with Gasteiger partial charge in [0.25, 0.3) is 0 Å². The molecule has 3 saturated heterocycles. The highest BCUT2D eigenvalue weighted by Gasteiger charge is 2.43. The third-order valence-electron chi connectivity index (χ3n) is 27.0. The van der Waals surface area contributed by atoms with Crippen molar-refractivity contribution in [3.63, 3.8) is 0 Å². The van der Waals surface area contributed by atoms with E-state index in [-0.39, 0.29) is 197 Å². The molecule has 6 aliphatic rings. The van der Waals surface area contributed by atoms with Gasteiger partial charge in [0.05, 0.1) is 123 Å². The lowest BCUT2D eigenvalue weighted by Crippen LogP contribution is -2.58. The van der Waals surface area contributed by atoms with Gasteiger partial charge in [0.1, 0.15) is 58.1 Å². The second kappa shape index (κ2) is 35.4. The van der Waals surface area contributed by atoms with Crippen molar-refractivity contribution in [2.45, 2.75) is 134 Å². The molecule has 0 radical (unpaired) electrons. The number of halogens is 9. The Kier molecular flexibility index (Phi) is 23.6. The number of carbonyl (C=O) groups excluding carboxylic acids is 3. The van der Waals surface area contributed by atoms with Crippen LogP contribution in [0.2, 0.25) is 10.0 Å². The predicted molar refractivity (Wildman–Crippen MR) is 518 cm³/mol. The summed E-state index contributed by atoms with van der Waals surface area (Å²) in [6, 6.07) is 19.0. The van der Waals surface area contributed by atoms with Crippen LogP contribution >= 0.6 is 23.2 Å². The third-order valence-corrected chi connectivity index (χ3v) is 27.6. The molecular formula is C99H93Cl2F7N24O6. The minimum atomic E-state index is -0.901. The summed E-state index contributed by atoms with van der Waals surface area (Å²) in [6.45, 7) is 24.1. The molecule has 12 heterocycles. The molecule has 6 aromatic carbocycles. The molecule has 3 aliphatic heterocycles. The van der Waals surface area contributed by atoms with E-state index in [1.807, 2.05) is 56.2 Å². The molecule has 0 unspecified atom stereocenters. The number of aryl methyl sites for hydroxylation is 3. The Balaban J connectivity index is 0.000000132. The number of nitrogens with zero attached hydrogens (tertiary/aromatic N) is 21. The van der Waals surface area contributed by atoms with E-state index >= 15 is 30.7 Å². The van der Waals surface area contributed by atoms with Crippen LogP contribution in [0.4, 0.5) is 65.2 Å². The fourth-order valence-electron chi connectivity index (χ4n) is 19.7. The Morgan fingerprint density at radius 1 is 0.370 bits per heavy atom. The van der Waals surface area contributed by atoms with Gasteiger partial charge in [-0.05, 0) is 171 Å². The second-order valence-corrected chi connectivity index (χ2v) is 37.1. The topological polar surface area (TPSA) is 346 Å².